The number of rotatable bonds is 7. The summed E-state index contributed by atoms with van der Waals surface area (Å²) in [7, 11) is 0. The van der Waals surface area contributed by atoms with E-state index >= 15 is 0 Å². The largest absolute Gasteiger partial charge is 0.479 e. The maximum absolute atomic E-state index is 12.5. The van der Waals surface area contributed by atoms with E-state index in [1.165, 1.54) is 10.7 Å². The van der Waals surface area contributed by atoms with Crippen LogP contribution in [0.5, 0.6) is 5.75 Å². The molecule has 214 valence electrons. The highest BCUT2D eigenvalue weighted by Gasteiger charge is 2.21. The van der Waals surface area contributed by atoms with E-state index in [0.717, 1.165) is 41.9 Å². The van der Waals surface area contributed by atoms with Crippen molar-refractivity contribution in [3.63, 3.8) is 0 Å². The summed E-state index contributed by atoms with van der Waals surface area (Å²) < 4.78 is 10.0. The van der Waals surface area contributed by atoms with Crippen LogP contribution >= 0.6 is 34.8 Å². The van der Waals surface area contributed by atoms with Crippen LogP contribution < -0.4 is 15.3 Å². The van der Waals surface area contributed by atoms with E-state index in [0.29, 0.717) is 34.7 Å². The average Bonchev–Trinajstić information content (AvgIpc) is 3.60. The Morgan fingerprint density at radius 1 is 1.15 bits per heavy atom. The molecule has 1 aliphatic heterocycles. The fraction of sp³-hybridized carbons (Fsp3) is 0.310. The number of halogens is 3. The molecule has 9 nitrogen and oxygen atoms in total. The average molecular weight is 616 g/mol. The first-order chi connectivity index (χ1) is 19.7. The highest BCUT2D eigenvalue weighted by atomic mass is 35.5. The number of benzene rings is 2. The molecule has 0 fully saturated rings. The van der Waals surface area contributed by atoms with Gasteiger partial charge < -0.3 is 4.74 Å². The van der Waals surface area contributed by atoms with E-state index < -0.39 is 0 Å². The SMILES string of the molecule is C#CCOc1cc(-n2nc3n(c2=O)CCCC3)c(Cl)cc1Cl.Cc1cccc(C)c1N(Cn1cccn1)C(=O)CCl. The summed E-state index contributed by atoms with van der Waals surface area (Å²) in [6.07, 6.45) is 11.5. The zero-order valence-corrected chi connectivity index (χ0v) is 25.0. The smallest absolute Gasteiger partial charge is 0.350 e. The van der Waals surface area contributed by atoms with E-state index in [4.69, 9.17) is 46.0 Å². The molecule has 0 unspecified atom stereocenters. The molecule has 2 aromatic heterocycles. The van der Waals surface area contributed by atoms with Gasteiger partial charge in [0.05, 0.1) is 21.4 Å². The van der Waals surface area contributed by atoms with Crippen LogP contribution in [-0.2, 0) is 24.4 Å². The minimum atomic E-state index is -0.207. The number of anilines is 1. The molecule has 0 aliphatic carbocycles. The van der Waals surface area contributed by atoms with Gasteiger partial charge in [0.1, 0.15) is 30.7 Å². The Balaban J connectivity index is 0.000000191. The second kappa shape index (κ2) is 13.8. The number of para-hydroxylation sites is 1. The number of hydrogen-bond acceptors (Lipinski definition) is 5. The van der Waals surface area contributed by atoms with Crippen molar-refractivity contribution in [2.45, 2.75) is 46.3 Å². The van der Waals surface area contributed by atoms with Crippen molar-refractivity contribution in [1.82, 2.24) is 24.1 Å². The fourth-order valence-electron chi connectivity index (χ4n) is 4.57. The number of hydrogen-bond donors (Lipinski definition) is 0. The van der Waals surface area contributed by atoms with Gasteiger partial charge in [-0.15, -0.1) is 23.1 Å². The third-order valence-corrected chi connectivity index (χ3v) is 7.31. The van der Waals surface area contributed by atoms with Crippen LogP contribution in [0.4, 0.5) is 5.69 Å². The third kappa shape index (κ3) is 6.96. The zero-order valence-electron chi connectivity index (χ0n) is 22.7. The molecule has 4 aromatic rings. The van der Waals surface area contributed by atoms with Crippen LogP contribution in [0.15, 0.2) is 53.6 Å². The van der Waals surface area contributed by atoms with Gasteiger partial charge in [-0.25, -0.2) is 4.79 Å². The quantitative estimate of drug-likeness (QED) is 0.205. The number of alkyl halides is 1. The molecule has 41 heavy (non-hydrogen) atoms. The second-order valence-corrected chi connectivity index (χ2v) is 10.4. The van der Waals surface area contributed by atoms with Crippen LogP contribution in [0.2, 0.25) is 10.0 Å². The number of carbonyl (C=O) groups is 1. The Hall–Kier alpha value is -3.71. The predicted molar refractivity (Wildman–Crippen MR) is 161 cm³/mol. The molecule has 2 aromatic carbocycles. The van der Waals surface area contributed by atoms with Crippen molar-refractivity contribution >= 4 is 46.4 Å². The van der Waals surface area contributed by atoms with Crippen molar-refractivity contribution in [2.24, 2.45) is 0 Å². The number of aromatic nitrogens is 5. The number of fused-ring (bicyclic) bond motifs is 1. The lowest BCUT2D eigenvalue weighted by Crippen LogP contribution is -2.35. The minimum absolute atomic E-state index is 0.0466. The number of carbonyl (C=O) groups excluding carboxylic acids is 1. The predicted octanol–water partition coefficient (Wildman–Crippen LogP) is 5.42. The molecule has 0 radical (unpaired) electrons. The van der Waals surface area contributed by atoms with Gasteiger partial charge in [0.2, 0.25) is 5.91 Å². The highest BCUT2D eigenvalue weighted by Crippen LogP contribution is 2.33. The summed E-state index contributed by atoms with van der Waals surface area (Å²) in [5.41, 5.74) is 3.23. The molecule has 0 bridgehead atoms. The van der Waals surface area contributed by atoms with Gasteiger partial charge in [0, 0.05) is 31.4 Å². The van der Waals surface area contributed by atoms with Gasteiger partial charge in [-0.3, -0.25) is 18.9 Å². The highest BCUT2D eigenvalue weighted by molar-refractivity contribution is 6.36. The lowest BCUT2D eigenvalue weighted by molar-refractivity contribution is -0.116. The number of nitrogens with zero attached hydrogens (tertiary/aromatic N) is 6. The molecule has 1 amide bonds. The van der Waals surface area contributed by atoms with E-state index in [2.05, 4.69) is 16.1 Å². The van der Waals surface area contributed by atoms with Crippen molar-refractivity contribution in [3.8, 4) is 23.8 Å². The summed E-state index contributed by atoms with van der Waals surface area (Å²) >= 11 is 18.0. The maximum atomic E-state index is 12.5. The molecule has 3 heterocycles. The zero-order chi connectivity index (χ0) is 29.5. The number of ether oxygens (including phenoxy) is 1. The van der Waals surface area contributed by atoms with Crippen molar-refractivity contribution in [3.05, 3.63) is 86.3 Å². The third-order valence-electron chi connectivity index (χ3n) is 6.48. The fourth-order valence-corrected chi connectivity index (χ4v) is 5.24. The van der Waals surface area contributed by atoms with E-state index in [1.54, 1.807) is 26.4 Å². The molecule has 5 rings (SSSR count). The Kier molecular flexibility index (Phi) is 10.2. The van der Waals surface area contributed by atoms with Crippen LogP contribution in [-0.4, -0.2) is 42.5 Å². The van der Waals surface area contributed by atoms with E-state index in [9.17, 15) is 9.59 Å². The summed E-state index contributed by atoms with van der Waals surface area (Å²) in [4.78, 5) is 26.2. The number of amides is 1. The molecule has 12 heteroatoms. The Labute approximate surface area is 253 Å². The van der Waals surface area contributed by atoms with Crippen molar-refractivity contribution in [1.29, 1.82) is 0 Å². The Morgan fingerprint density at radius 2 is 1.90 bits per heavy atom. The maximum Gasteiger partial charge on any atom is 0.350 e. The van der Waals surface area contributed by atoms with Gasteiger partial charge in [0.15, 0.2) is 0 Å². The first-order valence-electron chi connectivity index (χ1n) is 12.9. The van der Waals surface area contributed by atoms with Gasteiger partial charge in [-0.05, 0) is 49.9 Å². The first-order valence-corrected chi connectivity index (χ1v) is 14.2. The van der Waals surface area contributed by atoms with E-state index in [-0.39, 0.29) is 24.1 Å². The number of aryl methyl sites for hydroxylation is 3. The van der Waals surface area contributed by atoms with Gasteiger partial charge in [-0.1, -0.05) is 47.3 Å². The molecule has 0 atom stereocenters. The number of terminal acetylenes is 1. The van der Waals surface area contributed by atoms with Crippen LogP contribution in [0, 0.1) is 26.2 Å². The molecule has 0 N–H and O–H groups in total. The Morgan fingerprint density at radius 3 is 2.54 bits per heavy atom. The standard InChI is InChI=1S/C15H13Cl2N3O2.C14H16ClN3O/c1-2-7-22-13-9-12(10(16)8-11(13)17)20-15(21)19-6-4-3-5-14(19)18-20;1-11-5-3-6-12(2)14(11)18(13(19)9-15)10-17-8-4-7-16-17/h1,8-9H,3-7H2;3-8H,9-10H2,1-2H3. The van der Waals surface area contributed by atoms with Crippen molar-refractivity contribution in [2.75, 3.05) is 17.4 Å². The summed E-state index contributed by atoms with van der Waals surface area (Å²) in [6.45, 7) is 5.10. The van der Waals surface area contributed by atoms with Gasteiger partial charge in [-0.2, -0.15) is 9.78 Å². The molecule has 0 saturated carbocycles. The summed E-state index contributed by atoms with van der Waals surface area (Å²) in [5.74, 6) is 3.33. The van der Waals surface area contributed by atoms with Crippen molar-refractivity contribution < 1.29 is 9.53 Å². The normalized spacial score (nSPS) is 12.1. The Bertz CT molecular complexity index is 1600. The van der Waals surface area contributed by atoms with Crippen LogP contribution in [0.3, 0.4) is 0 Å². The summed E-state index contributed by atoms with van der Waals surface area (Å²) in [6, 6.07) is 10.9. The molecule has 1 aliphatic rings. The van der Waals surface area contributed by atoms with E-state index in [1.807, 2.05) is 44.3 Å². The molecular weight excluding hydrogens is 587 g/mol. The lowest BCUT2D eigenvalue weighted by atomic mass is 10.1. The van der Waals surface area contributed by atoms with Gasteiger partial charge >= 0.3 is 5.69 Å². The van der Waals surface area contributed by atoms with Gasteiger partial charge in [0.25, 0.3) is 0 Å². The van der Waals surface area contributed by atoms with Crippen LogP contribution in [0.1, 0.15) is 29.8 Å². The monoisotopic (exact) mass is 614 g/mol. The summed E-state index contributed by atoms with van der Waals surface area (Å²) in [5, 5.41) is 9.18. The molecular formula is C29H29Cl3N6O3. The topological polar surface area (TPSA) is 87.2 Å². The minimum Gasteiger partial charge on any atom is -0.479 e. The molecule has 0 spiro atoms. The molecule has 0 saturated heterocycles. The van der Waals surface area contributed by atoms with Crippen LogP contribution in [0.25, 0.3) is 5.69 Å². The second-order valence-electron chi connectivity index (χ2n) is 9.33. The lowest BCUT2D eigenvalue weighted by Gasteiger charge is -2.25. The first kappa shape index (κ1) is 30.3.